The Hall–Kier alpha value is -1.66. The Bertz CT molecular complexity index is 653. The van der Waals surface area contributed by atoms with Gasteiger partial charge in [0, 0.05) is 18.6 Å². The molecule has 0 aliphatic carbocycles. The zero-order chi connectivity index (χ0) is 12.5. The Labute approximate surface area is 99.9 Å². The van der Waals surface area contributed by atoms with Crippen LogP contribution in [0.25, 0.3) is 10.9 Å². The van der Waals surface area contributed by atoms with E-state index < -0.39 is 10.0 Å². The molecule has 0 spiro atoms. The average molecular weight is 251 g/mol. The number of rotatable bonds is 3. The van der Waals surface area contributed by atoms with Gasteiger partial charge in [-0.1, -0.05) is 18.2 Å². The fourth-order valence-electron chi connectivity index (χ4n) is 1.69. The lowest BCUT2D eigenvalue weighted by molar-refractivity contribution is 0.588. The minimum atomic E-state index is -3.51. The van der Waals surface area contributed by atoms with Gasteiger partial charge >= 0.3 is 0 Å². The first-order valence-electron chi connectivity index (χ1n) is 5.09. The predicted octanol–water partition coefficient (Wildman–Crippen LogP) is 1.18. The number of aromatic nitrogens is 1. The van der Waals surface area contributed by atoms with E-state index in [1.54, 1.807) is 7.05 Å². The number of hydrogen-bond donors (Lipinski definition) is 2. The Morgan fingerprint density at radius 1 is 1.18 bits per heavy atom. The number of para-hydroxylation sites is 1. The van der Waals surface area contributed by atoms with E-state index in [4.69, 9.17) is 0 Å². The number of pyridine rings is 1. The molecule has 0 saturated heterocycles. The molecule has 0 saturated carbocycles. The zero-order valence-corrected chi connectivity index (χ0v) is 10.4. The van der Waals surface area contributed by atoms with E-state index >= 15 is 0 Å². The van der Waals surface area contributed by atoms with E-state index in [-0.39, 0.29) is 4.90 Å². The molecule has 0 aliphatic heterocycles. The molecular formula is C11H13N3O2S. The summed E-state index contributed by atoms with van der Waals surface area (Å²) in [6.45, 7) is 0. The van der Waals surface area contributed by atoms with E-state index in [1.165, 1.54) is 13.2 Å². The molecule has 0 fully saturated rings. The van der Waals surface area contributed by atoms with Crippen molar-refractivity contribution < 1.29 is 8.42 Å². The number of fused-ring (bicyclic) bond motifs is 1. The number of nitrogens with one attached hydrogen (secondary N) is 2. The maximum absolute atomic E-state index is 11.8. The molecule has 90 valence electrons. The highest BCUT2D eigenvalue weighted by atomic mass is 32.2. The van der Waals surface area contributed by atoms with Crippen molar-refractivity contribution >= 4 is 26.6 Å². The average Bonchev–Trinajstić information content (AvgIpc) is 2.37. The third-order valence-electron chi connectivity index (χ3n) is 2.55. The van der Waals surface area contributed by atoms with Crippen LogP contribution in [0.3, 0.4) is 0 Å². The van der Waals surface area contributed by atoms with Gasteiger partial charge in [0.05, 0.1) is 11.2 Å². The van der Waals surface area contributed by atoms with Gasteiger partial charge in [-0.2, -0.15) is 0 Å². The summed E-state index contributed by atoms with van der Waals surface area (Å²) in [7, 11) is -0.438. The minimum absolute atomic E-state index is 0.154. The van der Waals surface area contributed by atoms with Gasteiger partial charge < -0.3 is 5.32 Å². The van der Waals surface area contributed by atoms with E-state index in [1.807, 2.05) is 24.3 Å². The van der Waals surface area contributed by atoms with Crippen molar-refractivity contribution in [2.45, 2.75) is 4.90 Å². The molecule has 0 atom stereocenters. The van der Waals surface area contributed by atoms with Crippen molar-refractivity contribution in [2.75, 3.05) is 19.4 Å². The maximum Gasteiger partial charge on any atom is 0.243 e. The molecule has 0 amide bonds. The van der Waals surface area contributed by atoms with Gasteiger partial charge in [-0.05, 0) is 13.1 Å². The molecule has 0 aliphatic rings. The lowest BCUT2D eigenvalue weighted by Crippen LogP contribution is -2.20. The fraction of sp³-hybridized carbons (Fsp3) is 0.182. The van der Waals surface area contributed by atoms with Crippen molar-refractivity contribution in [3.63, 3.8) is 0 Å². The van der Waals surface area contributed by atoms with Crippen LogP contribution in [-0.2, 0) is 10.0 Å². The first-order chi connectivity index (χ1) is 8.10. The third kappa shape index (κ3) is 1.96. The molecule has 1 aromatic heterocycles. The molecule has 5 nitrogen and oxygen atoms in total. The highest BCUT2D eigenvalue weighted by Crippen LogP contribution is 2.28. The molecule has 0 bridgehead atoms. The van der Waals surface area contributed by atoms with E-state index in [0.717, 1.165) is 10.9 Å². The Kier molecular flexibility index (Phi) is 2.99. The van der Waals surface area contributed by atoms with Gasteiger partial charge in [-0.15, -0.1) is 0 Å². The van der Waals surface area contributed by atoms with Crippen molar-refractivity contribution in [2.24, 2.45) is 0 Å². The first-order valence-corrected chi connectivity index (χ1v) is 6.57. The Morgan fingerprint density at radius 2 is 1.88 bits per heavy atom. The molecule has 2 N–H and O–H groups in total. The maximum atomic E-state index is 11.8. The van der Waals surface area contributed by atoms with Gasteiger partial charge in [-0.25, -0.2) is 13.1 Å². The molecule has 1 aromatic carbocycles. The van der Waals surface area contributed by atoms with Crippen LogP contribution in [0.15, 0.2) is 35.4 Å². The van der Waals surface area contributed by atoms with Crippen LogP contribution in [0.5, 0.6) is 0 Å². The van der Waals surface area contributed by atoms with E-state index in [9.17, 15) is 8.42 Å². The standard InChI is InChI=1S/C11H13N3O2S/c1-12-11-8-5-3-4-6-9(8)14-7-10(11)17(15,16)13-2/h3-7,13H,1-2H3,(H,12,14). The number of hydrogen-bond acceptors (Lipinski definition) is 4. The van der Waals surface area contributed by atoms with Gasteiger partial charge in [0.25, 0.3) is 0 Å². The fourth-order valence-corrected chi connectivity index (χ4v) is 2.59. The van der Waals surface area contributed by atoms with E-state index in [2.05, 4.69) is 15.0 Å². The number of benzene rings is 1. The SMILES string of the molecule is CNc1c(S(=O)(=O)NC)cnc2ccccc12. The lowest BCUT2D eigenvalue weighted by Gasteiger charge is -2.11. The van der Waals surface area contributed by atoms with Gasteiger partial charge in [0.2, 0.25) is 10.0 Å². The van der Waals surface area contributed by atoms with Gasteiger partial charge in [-0.3, -0.25) is 4.98 Å². The van der Waals surface area contributed by atoms with Crippen LogP contribution >= 0.6 is 0 Å². The molecule has 0 unspecified atom stereocenters. The van der Waals surface area contributed by atoms with Crippen LogP contribution in [0.1, 0.15) is 0 Å². The number of sulfonamides is 1. The molecule has 1 heterocycles. The summed E-state index contributed by atoms with van der Waals surface area (Å²) in [4.78, 5) is 4.30. The van der Waals surface area contributed by atoms with Crippen molar-refractivity contribution in [1.82, 2.24) is 9.71 Å². The summed E-state index contributed by atoms with van der Waals surface area (Å²) in [5, 5.41) is 3.70. The summed E-state index contributed by atoms with van der Waals surface area (Å²) in [6.07, 6.45) is 1.36. The van der Waals surface area contributed by atoms with Gasteiger partial charge in [0.15, 0.2) is 0 Å². The molecular weight excluding hydrogens is 238 g/mol. The topological polar surface area (TPSA) is 71.1 Å². The second kappa shape index (κ2) is 4.31. The first kappa shape index (κ1) is 11.8. The summed E-state index contributed by atoms with van der Waals surface area (Å²) in [5.41, 5.74) is 1.32. The summed E-state index contributed by atoms with van der Waals surface area (Å²) < 4.78 is 26.0. The van der Waals surface area contributed by atoms with E-state index in [0.29, 0.717) is 5.69 Å². The largest absolute Gasteiger partial charge is 0.386 e. The van der Waals surface area contributed by atoms with Crippen LogP contribution in [0.4, 0.5) is 5.69 Å². The number of anilines is 1. The lowest BCUT2D eigenvalue weighted by atomic mass is 10.2. The summed E-state index contributed by atoms with van der Waals surface area (Å²) >= 11 is 0. The quantitative estimate of drug-likeness (QED) is 0.859. The normalized spacial score (nSPS) is 11.6. The van der Waals surface area contributed by atoms with Gasteiger partial charge in [0.1, 0.15) is 4.90 Å². The molecule has 17 heavy (non-hydrogen) atoms. The molecule has 2 rings (SSSR count). The smallest absolute Gasteiger partial charge is 0.243 e. The van der Waals surface area contributed by atoms with Crippen LogP contribution < -0.4 is 10.0 Å². The Balaban J connectivity index is 2.83. The highest BCUT2D eigenvalue weighted by molar-refractivity contribution is 7.89. The zero-order valence-electron chi connectivity index (χ0n) is 9.56. The van der Waals surface area contributed by atoms with Crippen molar-refractivity contribution in [3.8, 4) is 0 Å². The minimum Gasteiger partial charge on any atom is -0.386 e. The third-order valence-corrected chi connectivity index (χ3v) is 3.97. The summed E-state index contributed by atoms with van der Waals surface area (Å²) in [6, 6.07) is 7.39. The highest BCUT2D eigenvalue weighted by Gasteiger charge is 2.18. The van der Waals surface area contributed by atoms with Crippen molar-refractivity contribution in [3.05, 3.63) is 30.5 Å². The molecule has 2 aromatic rings. The van der Waals surface area contributed by atoms with Crippen LogP contribution in [-0.4, -0.2) is 27.5 Å². The van der Waals surface area contributed by atoms with Crippen LogP contribution in [0.2, 0.25) is 0 Å². The molecule has 6 heteroatoms. The predicted molar refractivity (Wildman–Crippen MR) is 67.5 cm³/mol. The Morgan fingerprint density at radius 3 is 2.53 bits per heavy atom. The summed E-state index contributed by atoms with van der Waals surface area (Å²) in [5.74, 6) is 0. The monoisotopic (exact) mass is 251 g/mol. The second-order valence-electron chi connectivity index (χ2n) is 3.47. The second-order valence-corrected chi connectivity index (χ2v) is 5.33. The molecule has 0 radical (unpaired) electrons. The van der Waals surface area contributed by atoms with Crippen LogP contribution in [0, 0.1) is 0 Å². The number of nitrogens with zero attached hydrogens (tertiary/aromatic N) is 1. The van der Waals surface area contributed by atoms with Crippen molar-refractivity contribution in [1.29, 1.82) is 0 Å².